The van der Waals surface area contributed by atoms with Gasteiger partial charge < -0.3 is 20.1 Å². The SMILES string of the molecule is C=CCN1C(=O)N/C(=C/c2cc(Br)c(OCC(=O)Nc3ccc(C)cc3)c(OC)c2)C1=O. The van der Waals surface area contributed by atoms with Crippen LogP contribution in [0.15, 0.2) is 59.2 Å². The van der Waals surface area contributed by atoms with Crippen LogP contribution >= 0.6 is 15.9 Å². The lowest BCUT2D eigenvalue weighted by molar-refractivity contribution is -0.122. The van der Waals surface area contributed by atoms with Crippen molar-refractivity contribution in [2.24, 2.45) is 0 Å². The molecule has 0 radical (unpaired) electrons. The highest BCUT2D eigenvalue weighted by Crippen LogP contribution is 2.37. The van der Waals surface area contributed by atoms with E-state index in [0.717, 1.165) is 10.5 Å². The monoisotopic (exact) mass is 499 g/mol. The number of carbonyl (C=O) groups excluding carboxylic acids is 3. The third-order valence-corrected chi connectivity index (χ3v) is 5.11. The minimum absolute atomic E-state index is 0.118. The fraction of sp³-hybridized carbons (Fsp3) is 0.174. The van der Waals surface area contributed by atoms with Crippen LogP contribution in [0.3, 0.4) is 0 Å². The minimum atomic E-state index is -0.508. The maximum atomic E-state index is 12.4. The standard InChI is InChI=1S/C23H22BrN3O5/c1-4-9-27-22(29)18(26-23(27)30)11-15-10-17(24)21(19(12-15)31-3)32-13-20(28)25-16-7-5-14(2)6-8-16/h4-8,10-12H,1,9,13H2,2-3H3,(H,25,28)(H,26,30)/b18-11+. The number of benzene rings is 2. The normalized spacial score (nSPS) is 14.3. The van der Waals surface area contributed by atoms with Crippen molar-refractivity contribution in [1.29, 1.82) is 0 Å². The van der Waals surface area contributed by atoms with Crippen LogP contribution in [0.4, 0.5) is 10.5 Å². The lowest BCUT2D eigenvalue weighted by atomic mass is 10.1. The van der Waals surface area contributed by atoms with Crippen molar-refractivity contribution in [2.75, 3.05) is 25.6 Å². The molecule has 1 heterocycles. The van der Waals surface area contributed by atoms with Gasteiger partial charge in [0.2, 0.25) is 0 Å². The van der Waals surface area contributed by atoms with Gasteiger partial charge in [-0.25, -0.2) is 4.79 Å². The summed E-state index contributed by atoms with van der Waals surface area (Å²) in [5.41, 5.74) is 2.49. The average Bonchev–Trinajstić information content (AvgIpc) is 3.02. The molecule has 0 aromatic heterocycles. The molecule has 32 heavy (non-hydrogen) atoms. The maximum Gasteiger partial charge on any atom is 0.329 e. The number of imide groups is 1. The van der Waals surface area contributed by atoms with Crippen molar-refractivity contribution in [3.05, 3.63) is 70.3 Å². The van der Waals surface area contributed by atoms with Gasteiger partial charge in [0.25, 0.3) is 11.8 Å². The molecule has 0 bridgehead atoms. The van der Waals surface area contributed by atoms with Gasteiger partial charge in [0.1, 0.15) is 5.70 Å². The van der Waals surface area contributed by atoms with E-state index in [2.05, 4.69) is 33.1 Å². The Hall–Kier alpha value is -3.59. The Morgan fingerprint density at radius 1 is 1.25 bits per heavy atom. The first-order valence-corrected chi connectivity index (χ1v) is 10.4. The van der Waals surface area contributed by atoms with Crippen molar-refractivity contribution >= 4 is 45.5 Å². The average molecular weight is 500 g/mol. The Labute approximate surface area is 194 Å². The van der Waals surface area contributed by atoms with Gasteiger partial charge in [0.05, 0.1) is 11.6 Å². The summed E-state index contributed by atoms with van der Waals surface area (Å²) < 4.78 is 11.6. The van der Waals surface area contributed by atoms with Crippen LogP contribution < -0.4 is 20.1 Å². The first kappa shape index (κ1) is 23.1. The molecule has 0 spiro atoms. The lowest BCUT2D eigenvalue weighted by Gasteiger charge is -2.14. The maximum absolute atomic E-state index is 12.4. The van der Waals surface area contributed by atoms with Crippen LogP contribution in [0.1, 0.15) is 11.1 Å². The summed E-state index contributed by atoms with van der Waals surface area (Å²) in [6.45, 7) is 5.40. The topological polar surface area (TPSA) is 97.0 Å². The molecule has 166 valence electrons. The molecule has 1 aliphatic rings. The van der Waals surface area contributed by atoms with Gasteiger partial charge in [-0.05, 0) is 58.8 Å². The number of amides is 4. The van der Waals surface area contributed by atoms with E-state index in [4.69, 9.17) is 9.47 Å². The van der Waals surface area contributed by atoms with Crippen LogP contribution in [-0.2, 0) is 9.59 Å². The second-order valence-corrected chi connectivity index (χ2v) is 7.78. The van der Waals surface area contributed by atoms with Crippen LogP contribution in [0.2, 0.25) is 0 Å². The quantitative estimate of drug-likeness (QED) is 0.326. The molecule has 2 aromatic rings. The van der Waals surface area contributed by atoms with Crippen LogP contribution in [-0.4, -0.2) is 43.0 Å². The van der Waals surface area contributed by atoms with Gasteiger partial charge in [-0.15, -0.1) is 6.58 Å². The number of halogens is 1. The molecule has 0 saturated carbocycles. The van der Waals surface area contributed by atoms with Gasteiger partial charge in [-0.1, -0.05) is 23.8 Å². The molecule has 0 unspecified atom stereocenters. The number of ether oxygens (including phenoxy) is 2. The number of nitrogens with zero attached hydrogens (tertiary/aromatic N) is 1. The van der Waals surface area contributed by atoms with Crippen LogP contribution in [0, 0.1) is 6.92 Å². The number of carbonyl (C=O) groups is 3. The number of hydrogen-bond acceptors (Lipinski definition) is 5. The molecular formula is C23H22BrN3O5. The number of methoxy groups -OCH3 is 1. The number of hydrogen-bond donors (Lipinski definition) is 2. The highest BCUT2D eigenvalue weighted by molar-refractivity contribution is 9.10. The smallest absolute Gasteiger partial charge is 0.329 e. The summed E-state index contributed by atoms with van der Waals surface area (Å²) in [6.07, 6.45) is 3.01. The summed E-state index contributed by atoms with van der Waals surface area (Å²) in [7, 11) is 1.46. The highest BCUT2D eigenvalue weighted by atomic mass is 79.9. The predicted molar refractivity (Wildman–Crippen MR) is 124 cm³/mol. The van der Waals surface area contributed by atoms with Crippen LogP contribution in [0.25, 0.3) is 6.08 Å². The Kier molecular flexibility index (Phi) is 7.32. The van der Waals surface area contributed by atoms with Crippen molar-refractivity contribution in [1.82, 2.24) is 10.2 Å². The van der Waals surface area contributed by atoms with Gasteiger partial charge in [-0.3, -0.25) is 14.5 Å². The van der Waals surface area contributed by atoms with E-state index in [1.54, 1.807) is 12.1 Å². The fourth-order valence-corrected chi connectivity index (χ4v) is 3.54. The third kappa shape index (κ3) is 5.36. The zero-order chi connectivity index (χ0) is 23.3. The lowest BCUT2D eigenvalue weighted by Crippen LogP contribution is -2.30. The minimum Gasteiger partial charge on any atom is -0.493 e. The largest absolute Gasteiger partial charge is 0.493 e. The van der Waals surface area contributed by atoms with Crippen molar-refractivity contribution < 1.29 is 23.9 Å². The summed E-state index contributed by atoms with van der Waals surface area (Å²) in [6, 6.07) is 10.2. The van der Waals surface area contributed by atoms with Crippen LogP contribution in [0.5, 0.6) is 11.5 Å². The first-order chi connectivity index (χ1) is 15.3. The van der Waals surface area contributed by atoms with E-state index < -0.39 is 11.9 Å². The summed E-state index contributed by atoms with van der Waals surface area (Å²) in [5.74, 6) is -0.0773. The third-order valence-electron chi connectivity index (χ3n) is 4.52. The number of aryl methyl sites for hydroxylation is 1. The Morgan fingerprint density at radius 3 is 2.62 bits per heavy atom. The highest BCUT2D eigenvalue weighted by Gasteiger charge is 2.32. The van der Waals surface area contributed by atoms with E-state index in [-0.39, 0.29) is 24.8 Å². The molecule has 3 rings (SSSR count). The van der Waals surface area contributed by atoms with E-state index in [1.165, 1.54) is 19.3 Å². The van der Waals surface area contributed by atoms with Gasteiger partial charge in [-0.2, -0.15) is 0 Å². The van der Waals surface area contributed by atoms with Gasteiger partial charge >= 0.3 is 6.03 Å². The number of nitrogens with one attached hydrogen (secondary N) is 2. The van der Waals surface area contributed by atoms with Gasteiger partial charge in [0, 0.05) is 12.2 Å². The molecule has 8 nitrogen and oxygen atoms in total. The zero-order valence-corrected chi connectivity index (χ0v) is 19.2. The van der Waals surface area contributed by atoms with Crippen molar-refractivity contribution in [3.63, 3.8) is 0 Å². The molecule has 1 fully saturated rings. The predicted octanol–water partition coefficient (Wildman–Crippen LogP) is 3.86. The molecule has 1 aliphatic heterocycles. The molecule has 1 saturated heterocycles. The molecule has 2 N–H and O–H groups in total. The van der Waals surface area contributed by atoms with E-state index in [1.807, 2.05) is 31.2 Å². The first-order valence-electron chi connectivity index (χ1n) is 9.64. The molecule has 9 heteroatoms. The summed E-state index contributed by atoms with van der Waals surface area (Å²) in [5, 5.41) is 5.30. The summed E-state index contributed by atoms with van der Waals surface area (Å²) >= 11 is 3.41. The molecule has 0 aliphatic carbocycles. The molecular weight excluding hydrogens is 478 g/mol. The number of rotatable bonds is 8. The Balaban J connectivity index is 1.73. The second kappa shape index (κ2) is 10.1. The zero-order valence-electron chi connectivity index (χ0n) is 17.6. The molecule has 0 atom stereocenters. The molecule has 4 amide bonds. The second-order valence-electron chi connectivity index (χ2n) is 6.93. The Morgan fingerprint density at radius 2 is 1.97 bits per heavy atom. The van der Waals surface area contributed by atoms with E-state index in [0.29, 0.717) is 27.2 Å². The van der Waals surface area contributed by atoms with Crippen molar-refractivity contribution in [3.8, 4) is 11.5 Å². The van der Waals surface area contributed by atoms with Gasteiger partial charge in [0.15, 0.2) is 18.1 Å². The van der Waals surface area contributed by atoms with E-state index in [9.17, 15) is 14.4 Å². The fourth-order valence-electron chi connectivity index (χ4n) is 2.97. The number of urea groups is 1. The van der Waals surface area contributed by atoms with Crippen molar-refractivity contribution in [2.45, 2.75) is 6.92 Å². The van der Waals surface area contributed by atoms with E-state index >= 15 is 0 Å². The number of anilines is 1. The molecule has 2 aromatic carbocycles. The summed E-state index contributed by atoms with van der Waals surface area (Å²) in [4.78, 5) is 37.6. The Bertz CT molecular complexity index is 1100.